The zero-order chi connectivity index (χ0) is 10.1. The Bertz CT molecular complexity index is 465. The largest absolute Gasteiger partial charge is 0.504 e. The predicted octanol–water partition coefficient (Wildman–Crippen LogP) is 1.19. The molecular formula is C9H8N2O3. The molecule has 14 heavy (non-hydrogen) atoms. The molecule has 2 aromatic rings. The van der Waals surface area contributed by atoms with E-state index in [2.05, 4.69) is 9.97 Å². The standard InChI is InChI=1S/C9H8N2O3/c12-6-2-1-5(3-7(6)13)9-10-4-8(14)11-9/h1-4,12-14H,(H,10,11). The van der Waals surface area contributed by atoms with Crippen LogP contribution in [0.1, 0.15) is 0 Å². The monoisotopic (exact) mass is 192 g/mol. The Morgan fingerprint density at radius 1 is 1.07 bits per heavy atom. The fourth-order valence-corrected chi connectivity index (χ4v) is 1.13. The average Bonchev–Trinajstić information content (AvgIpc) is 2.57. The minimum atomic E-state index is -0.224. The van der Waals surface area contributed by atoms with Crippen LogP contribution in [0, 0.1) is 0 Å². The number of H-pyrrole nitrogens is 1. The topological polar surface area (TPSA) is 89.4 Å². The lowest BCUT2D eigenvalue weighted by Gasteiger charge is -1.99. The Kier molecular flexibility index (Phi) is 1.78. The highest BCUT2D eigenvalue weighted by molar-refractivity contribution is 5.60. The first-order valence-corrected chi connectivity index (χ1v) is 3.93. The number of phenols is 2. The highest BCUT2D eigenvalue weighted by Crippen LogP contribution is 2.29. The van der Waals surface area contributed by atoms with Gasteiger partial charge in [0.2, 0.25) is 5.88 Å². The molecule has 0 saturated carbocycles. The van der Waals surface area contributed by atoms with Crippen LogP contribution in [0.5, 0.6) is 17.4 Å². The normalized spacial score (nSPS) is 10.3. The van der Waals surface area contributed by atoms with Crippen LogP contribution in [0.15, 0.2) is 24.4 Å². The van der Waals surface area contributed by atoms with Crippen LogP contribution in [-0.2, 0) is 0 Å². The first kappa shape index (κ1) is 8.43. The summed E-state index contributed by atoms with van der Waals surface area (Å²) in [5.41, 5.74) is 0.584. The van der Waals surface area contributed by atoms with E-state index in [1.165, 1.54) is 18.3 Å². The van der Waals surface area contributed by atoms with Crippen molar-refractivity contribution in [2.45, 2.75) is 0 Å². The van der Waals surface area contributed by atoms with Gasteiger partial charge in [0.25, 0.3) is 0 Å². The quantitative estimate of drug-likeness (QED) is 0.511. The van der Waals surface area contributed by atoms with E-state index < -0.39 is 0 Å². The molecule has 0 spiro atoms. The molecule has 0 atom stereocenters. The first-order chi connectivity index (χ1) is 6.66. The van der Waals surface area contributed by atoms with Crippen molar-refractivity contribution in [3.05, 3.63) is 24.4 Å². The van der Waals surface area contributed by atoms with Gasteiger partial charge in [-0.3, -0.25) is 0 Å². The molecule has 4 N–H and O–H groups in total. The maximum absolute atomic E-state index is 9.21. The number of phenolic OH excluding ortho intramolecular Hbond substituents is 2. The van der Waals surface area contributed by atoms with Gasteiger partial charge in [0.05, 0.1) is 6.20 Å². The van der Waals surface area contributed by atoms with Crippen LogP contribution in [0.2, 0.25) is 0 Å². The van der Waals surface area contributed by atoms with Crippen molar-refractivity contribution in [2.24, 2.45) is 0 Å². The molecule has 1 aromatic heterocycles. The molecule has 0 aliphatic rings. The molecule has 0 fully saturated rings. The molecule has 1 aromatic carbocycles. The molecule has 0 unspecified atom stereocenters. The number of benzene rings is 1. The summed E-state index contributed by atoms with van der Waals surface area (Å²) in [5.74, 6) is -0.0340. The number of aromatic amines is 1. The lowest BCUT2D eigenvalue weighted by Crippen LogP contribution is -1.79. The number of aromatic hydroxyl groups is 3. The van der Waals surface area contributed by atoms with Crippen molar-refractivity contribution in [1.29, 1.82) is 0 Å². The second-order valence-corrected chi connectivity index (χ2v) is 2.82. The summed E-state index contributed by atoms with van der Waals surface area (Å²) in [6.07, 6.45) is 1.26. The smallest absolute Gasteiger partial charge is 0.208 e. The molecule has 0 bridgehead atoms. The van der Waals surface area contributed by atoms with Gasteiger partial charge in [-0.15, -0.1) is 0 Å². The number of nitrogens with one attached hydrogen (secondary N) is 1. The van der Waals surface area contributed by atoms with Crippen LogP contribution in [-0.4, -0.2) is 25.3 Å². The zero-order valence-corrected chi connectivity index (χ0v) is 7.10. The summed E-state index contributed by atoms with van der Waals surface area (Å²) in [6.45, 7) is 0. The van der Waals surface area contributed by atoms with Gasteiger partial charge in [0.15, 0.2) is 11.5 Å². The Morgan fingerprint density at radius 3 is 2.43 bits per heavy atom. The zero-order valence-electron chi connectivity index (χ0n) is 7.10. The molecule has 0 radical (unpaired) electrons. The van der Waals surface area contributed by atoms with Crippen molar-refractivity contribution < 1.29 is 15.3 Å². The first-order valence-electron chi connectivity index (χ1n) is 3.93. The van der Waals surface area contributed by atoms with Crippen LogP contribution in [0.4, 0.5) is 0 Å². The molecule has 5 nitrogen and oxygen atoms in total. The Hall–Kier alpha value is -2.17. The predicted molar refractivity (Wildman–Crippen MR) is 49.0 cm³/mol. The second kappa shape index (κ2) is 2.95. The lowest BCUT2D eigenvalue weighted by molar-refractivity contribution is 0.404. The number of imidazole rings is 1. The van der Waals surface area contributed by atoms with Crippen molar-refractivity contribution in [1.82, 2.24) is 9.97 Å². The summed E-state index contributed by atoms with van der Waals surface area (Å²) in [4.78, 5) is 6.45. The van der Waals surface area contributed by atoms with Crippen LogP contribution < -0.4 is 0 Å². The van der Waals surface area contributed by atoms with Crippen molar-refractivity contribution in [3.63, 3.8) is 0 Å². The van der Waals surface area contributed by atoms with E-state index in [1.807, 2.05) is 0 Å². The minimum Gasteiger partial charge on any atom is -0.504 e. The van der Waals surface area contributed by atoms with Gasteiger partial charge in [-0.1, -0.05) is 0 Å². The molecule has 1 heterocycles. The van der Waals surface area contributed by atoms with E-state index in [4.69, 9.17) is 10.2 Å². The fourth-order valence-electron chi connectivity index (χ4n) is 1.13. The van der Waals surface area contributed by atoms with E-state index in [1.54, 1.807) is 6.07 Å². The average molecular weight is 192 g/mol. The van der Waals surface area contributed by atoms with Crippen LogP contribution in [0.25, 0.3) is 11.4 Å². The maximum atomic E-state index is 9.21. The van der Waals surface area contributed by atoms with Crippen molar-refractivity contribution >= 4 is 0 Å². The number of hydrogen-bond acceptors (Lipinski definition) is 4. The fraction of sp³-hybridized carbons (Fsp3) is 0. The van der Waals surface area contributed by atoms with E-state index in [0.29, 0.717) is 11.4 Å². The van der Waals surface area contributed by atoms with Gasteiger partial charge in [0.1, 0.15) is 5.82 Å². The Labute approximate surface area is 79.3 Å². The molecule has 2 rings (SSSR count). The third-order valence-corrected chi connectivity index (χ3v) is 1.81. The SMILES string of the molecule is Oc1cnc(-c2ccc(O)c(O)c2)[nH]1. The van der Waals surface area contributed by atoms with Crippen LogP contribution in [0.3, 0.4) is 0 Å². The summed E-state index contributed by atoms with van der Waals surface area (Å²) in [7, 11) is 0. The van der Waals surface area contributed by atoms with Gasteiger partial charge >= 0.3 is 0 Å². The summed E-state index contributed by atoms with van der Waals surface area (Å²) in [5, 5.41) is 27.3. The molecule has 0 aliphatic carbocycles. The molecule has 0 saturated heterocycles. The lowest BCUT2D eigenvalue weighted by atomic mass is 10.2. The van der Waals surface area contributed by atoms with Crippen LogP contribution >= 0.6 is 0 Å². The van der Waals surface area contributed by atoms with Crippen molar-refractivity contribution in [3.8, 4) is 28.8 Å². The highest BCUT2D eigenvalue weighted by Gasteiger charge is 2.05. The highest BCUT2D eigenvalue weighted by atomic mass is 16.3. The second-order valence-electron chi connectivity index (χ2n) is 2.82. The number of hydrogen-bond donors (Lipinski definition) is 4. The van der Waals surface area contributed by atoms with Gasteiger partial charge in [-0.2, -0.15) is 0 Å². The third-order valence-electron chi connectivity index (χ3n) is 1.81. The Morgan fingerprint density at radius 2 is 1.86 bits per heavy atom. The third kappa shape index (κ3) is 1.35. The van der Waals surface area contributed by atoms with E-state index in [9.17, 15) is 5.11 Å². The molecule has 0 amide bonds. The maximum Gasteiger partial charge on any atom is 0.208 e. The van der Waals surface area contributed by atoms with Gasteiger partial charge in [-0.25, -0.2) is 4.98 Å². The number of nitrogens with zero attached hydrogens (tertiary/aromatic N) is 1. The molecular weight excluding hydrogens is 184 g/mol. The minimum absolute atomic E-state index is 0.0486. The molecule has 5 heteroatoms. The summed E-state index contributed by atoms with van der Waals surface area (Å²) in [6, 6.07) is 4.28. The van der Waals surface area contributed by atoms with E-state index in [0.717, 1.165) is 0 Å². The number of aromatic nitrogens is 2. The number of rotatable bonds is 1. The van der Waals surface area contributed by atoms with Gasteiger partial charge in [-0.05, 0) is 18.2 Å². The molecule has 72 valence electrons. The Balaban J connectivity index is 2.47. The van der Waals surface area contributed by atoms with E-state index in [-0.39, 0.29) is 17.4 Å². The summed E-state index contributed by atoms with van der Waals surface area (Å²) >= 11 is 0. The van der Waals surface area contributed by atoms with E-state index >= 15 is 0 Å². The summed E-state index contributed by atoms with van der Waals surface area (Å²) < 4.78 is 0. The van der Waals surface area contributed by atoms with Gasteiger partial charge < -0.3 is 20.3 Å². The molecule has 0 aliphatic heterocycles. The van der Waals surface area contributed by atoms with Gasteiger partial charge in [0, 0.05) is 5.56 Å². The van der Waals surface area contributed by atoms with Crippen molar-refractivity contribution in [2.75, 3.05) is 0 Å².